The highest BCUT2D eigenvalue weighted by molar-refractivity contribution is 7.92. The van der Waals surface area contributed by atoms with Gasteiger partial charge in [-0.15, -0.1) is 13.2 Å². The van der Waals surface area contributed by atoms with Gasteiger partial charge in [0.2, 0.25) is 0 Å². The fourth-order valence-electron chi connectivity index (χ4n) is 2.00. The maximum absolute atomic E-state index is 12.3. The van der Waals surface area contributed by atoms with Gasteiger partial charge in [-0.3, -0.25) is 14.3 Å². The second kappa shape index (κ2) is 8.17. The van der Waals surface area contributed by atoms with E-state index in [2.05, 4.69) is 14.8 Å². The van der Waals surface area contributed by atoms with Crippen LogP contribution in [0.1, 0.15) is 10.4 Å². The standard InChI is InChI=1S/C16H13F3N2O6S/c17-16(18,19)27-12-2-1-3-13(8-12)28(25,26)21-11-6-4-10(5-7-11)15(24)20-9-14(22)23/h1-8,21H,9H2,(H,20,24)(H,22,23). The van der Waals surface area contributed by atoms with Crippen molar-refractivity contribution in [3.8, 4) is 5.75 Å². The van der Waals surface area contributed by atoms with Crippen LogP contribution < -0.4 is 14.8 Å². The van der Waals surface area contributed by atoms with Crippen LogP contribution in [0.4, 0.5) is 18.9 Å². The second-order valence-electron chi connectivity index (χ2n) is 5.28. The second-order valence-corrected chi connectivity index (χ2v) is 6.96. The van der Waals surface area contributed by atoms with Gasteiger partial charge in [-0.1, -0.05) is 6.07 Å². The molecule has 2 aromatic carbocycles. The van der Waals surface area contributed by atoms with Crippen LogP contribution in [0.3, 0.4) is 0 Å². The monoisotopic (exact) mass is 418 g/mol. The molecule has 8 nitrogen and oxygen atoms in total. The van der Waals surface area contributed by atoms with E-state index in [0.29, 0.717) is 6.07 Å². The number of carbonyl (C=O) groups excluding carboxylic acids is 1. The first-order chi connectivity index (χ1) is 13.0. The van der Waals surface area contributed by atoms with Gasteiger partial charge in [-0.2, -0.15) is 0 Å². The minimum Gasteiger partial charge on any atom is -0.480 e. The molecule has 150 valence electrons. The Morgan fingerprint density at radius 2 is 1.71 bits per heavy atom. The first-order valence-electron chi connectivity index (χ1n) is 7.45. The number of sulfonamides is 1. The molecule has 0 unspecified atom stereocenters. The maximum Gasteiger partial charge on any atom is 0.573 e. The molecule has 2 rings (SSSR count). The number of hydrogen-bond acceptors (Lipinski definition) is 5. The average Bonchev–Trinajstić information content (AvgIpc) is 2.58. The summed E-state index contributed by atoms with van der Waals surface area (Å²) in [6.45, 7) is -0.580. The summed E-state index contributed by atoms with van der Waals surface area (Å²) in [6, 6.07) is 8.81. The third kappa shape index (κ3) is 6.16. The van der Waals surface area contributed by atoms with E-state index in [9.17, 15) is 31.2 Å². The van der Waals surface area contributed by atoms with Crippen molar-refractivity contribution >= 4 is 27.6 Å². The summed E-state index contributed by atoms with van der Waals surface area (Å²) in [5.74, 6) is -2.59. The van der Waals surface area contributed by atoms with Crippen molar-refractivity contribution < 1.29 is 41.0 Å². The van der Waals surface area contributed by atoms with Gasteiger partial charge in [0, 0.05) is 17.3 Å². The first kappa shape index (κ1) is 21.0. The van der Waals surface area contributed by atoms with E-state index in [4.69, 9.17) is 5.11 Å². The van der Waals surface area contributed by atoms with Crippen molar-refractivity contribution in [2.24, 2.45) is 0 Å². The van der Waals surface area contributed by atoms with Crippen LogP contribution in [0.5, 0.6) is 5.75 Å². The molecule has 0 heterocycles. The normalized spacial score (nSPS) is 11.5. The number of alkyl halides is 3. The van der Waals surface area contributed by atoms with Crippen LogP contribution in [-0.2, 0) is 14.8 Å². The third-order valence-corrected chi connectivity index (χ3v) is 4.53. The Kier molecular flexibility index (Phi) is 6.13. The van der Waals surface area contributed by atoms with Gasteiger partial charge in [0.1, 0.15) is 12.3 Å². The maximum atomic E-state index is 12.3. The molecule has 0 atom stereocenters. The topological polar surface area (TPSA) is 122 Å². The molecule has 0 radical (unpaired) electrons. The van der Waals surface area contributed by atoms with Crippen LogP contribution in [0.25, 0.3) is 0 Å². The highest BCUT2D eigenvalue weighted by atomic mass is 32.2. The number of halogens is 3. The fourth-order valence-corrected chi connectivity index (χ4v) is 3.09. The minimum atomic E-state index is -4.97. The predicted molar refractivity (Wildman–Crippen MR) is 90.3 cm³/mol. The number of hydrogen-bond donors (Lipinski definition) is 3. The lowest BCUT2D eigenvalue weighted by Gasteiger charge is -2.12. The van der Waals surface area contributed by atoms with Crippen LogP contribution in [0.2, 0.25) is 0 Å². The van der Waals surface area contributed by atoms with E-state index in [0.717, 1.165) is 18.2 Å². The molecule has 28 heavy (non-hydrogen) atoms. The molecular formula is C16H13F3N2O6S. The summed E-state index contributed by atoms with van der Waals surface area (Å²) in [5.41, 5.74) is 0.127. The number of amides is 1. The van der Waals surface area contributed by atoms with Crippen molar-refractivity contribution in [3.63, 3.8) is 0 Å². The zero-order valence-electron chi connectivity index (χ0n) is 13.9. The molecule has 0 aliphatic rings. The van der Waals surface area contributed by atoms with Crippen molar-refractivity contribution in [1.82, 2.24) is 5.32 Å². The molecule has 0 bridgehead atoms. The zero-order valence-corrected chi connectivity index (χ0v) is 14.7. The highest BCUT2D eigenvalue weighted by Crippen LogP contribution is 2.26. The Morgan fingerprint density at radius 3 is 2.29 bits per heavy atom. The molecule has 0 aliphatic heterocycles. The Labute approximate surface area is 157 Å². The average molecular weight is 418 g/mol. The number of carbonyl (C=O) groups is 2. The lowest BCUT2D eigenvalue weighted by molar-refractivity contribution is -0.274. The summed E-state index contributed by atoms with van der Waals surface area (Å²) >= 11 is 0. The predicted octanol–water partition coefficient (Wildman–Crippen LogP) is 2.20. The highest BCUT2D eigenvalue weighted by Gasteiger charge is 2.31. The molecular weight excluding hydrogens is 405 g/mol. The van der Waals surface area contributed by atoms with E-state index in [1.807, 2.05) is 0 Å². The summed E-state index contributed by atoms with van der Waals surface area (Å²) < 4.78 is 67.3. The largest absolute Gasteiger partial charge is 0.573 e. The molecule has 0 fully saturated rings. The van der Waals surface area contributed by atoms with Crippen LogP contribution >= 0.6 is 0 Å². The van der Waals surface area contributed by atoms with E-state index >= 15 is 0 Å². The number of nitrogens with one attached hydrogen (secondary N) is 2. The molecule has 0 saturated carbocycles. The number of carboxylic acid groups (broad SMARTS) is 1. The van der Waals surface area contributed by atoms with Gasteiger partial charge in [-0.05, 0) is 36.4 Å². The molecule has 1 amide bonds. The fraction of sp³-hybridized carbons (Fsp3) is 0.125. The number of ether oxygens (including phenoxy) is 1. The van der Waals surface area contributed by atoms with Crippen molar-refractivity contribution in [2.45, 2.75) is 11.3 Å². The van der Waals surface area contributed by atoms with E-state index in [1.165, 1.54) is 24.3 Å². The van der Waals surface area contributed by atoms with Crippen molar-refractivity contribution in [2.75, 3.05) is 11.3 Å². The van der Waals surface area contributed by atoms with Crippen LogP contribution in [0.15, 0.2) is 53.4 Å². The Morgan fingerprint density at radius 1 is 1.07 bits per heavy atom. The Hall–Kier alpha value is -3.28. The van der Waals surface area contributed by atoms with Crippen LogP contribution in [0, 0.1) is 0 Å². The quantitative estimate of drug-likeness (QED) is 0.634. The van der Waals surface area contributed by atoms with E-state index < -0.39 is 45.5 Å². The smallest absolute Gasteiger partial charge is 0.480 e. The molecule has 3 N–H and O–H groups in total. The minimum absolute atomic E-state index is 0.0388. The lowest BCUT2D eigenvalue weighted by atomic mass is 10.2. The van der Waals surface area contributed by atoms with Gasteiger partial charge >= 0.3 is 12.3 Å². The van der Waals surface area contributed by atoms with Crippen molar-refractivity contribution in [1.29, 1.82) is 0 Å². The molecule has 0 aromatic heterocycles. The van der Waals surface area contributed by atoms with Crippen LogP contribution in [-0.4, -0.2) is 38.3 Å². The van der Waals surface area contributed by atoms with E-state index in [1.54, 1.807) is 0 Å². The number of aliphatic carboxylic acids is 1. The molecule has 0 aliphatic carbocycles. The third-order valence-electron chi connectivity index (χ3n) is 3.15. The molecule has 2 aromatic rings. The van der Waals surface area contributed by atoms with Gasteiger partial charge in [0.15, 0.2) is 0 Å². The number of anilines is 1. The number of carboxylic acids is 1. The molecule has 12 heteroatoms. The lowest BCUT2D eigenvalue weighted by Crippen LogP contribution is -2.29. The Balaban J connectivity index is 2.13. The molecule has 0 saturated heterocycles. The van der Waals surface area contributed by atoms with Gasteiger partial charge in [-0.25, -0.2) is 8.42 Å². The van der Waals surface area contributed by atoms with Gasteiger partial charge in [0.25, 0.3) is 15.9 Å². The number of benzene rings is 2. The SMILES string of the molecule is O=C(O)CNC(=O)c1ccc(NS(=O)(=O)c2cccc(OC(F)(F)F)c2)cc1. The molecule has 0 spiro atoms. The van der Waals surface area contributed by atoms with E-state index in [-0.39, 0.29) is 11.3 Å². The first-order valence-corrected chi connectivity index (χ1v) is 8.93. The Bertz CT molecular complexity index is 975. The number of rotatable bonds is 7. The van der Waals surface area contributed by atoms with Gasteiger partial charge in [0.05, 0.1) is 4.90 Å². The summed E-state index contributed by atoms with van der Waals surface area (Å²) in [6.07, 6.45) is -4.97. The zero-order chi connectivity index (χ0) is 20.9. The van der Waals surface area contributed by atoms with Crippen molar-refractivity contribution in [3.05, 3.63) is 54.1 Å². The summed E-state index contributed by atoms with van der Waals surface area (Å²) in [5, 5.41) is 10.6. The summed E-state index contributed by atoms with van der Waals surface area (Å²) in [7, 11) is -4.22. The summed E-state index contributed by atoms with van der Waals surface area (Å²) in [4.78, 5) is 21.7. The van der Waals surface area contributed by atoms with Gasteiger partial charge < -0.3 is 15.2 Å².